The van der Waals surface area contributed by atoms with E-state index in [1.807, 2.05) is 24.4 Å². The lowest BCUT2D eigenvalue weighted by atomic mass is 9.89. The Hall–Kier alpha value is -2.89. The van der Waals surface area contributed by atoms with Crippen LogP contribution in [0.4, 0.5) is 5.69 Å². The van der Waals surface area contributed by atoms with Crippen LogP contribution in [0.15, 0.2) is 36.5 Å². The van der Waals surface area contributed by atoms with Crippen LogP contribution in [0, 0.1) is 0 Å². The number of pyridine rings is 1. The Bertz CT molecular complexity index is 818. The van der Waals surface area contributed by atoms with Crippen molar-refractivity contribution >= 4 is 17.5 Å². The number of carbonyl (C=O) groups is 2. The Balaban J connectivity index is 1.81. The fourth-order valence-corrected chi connectivity index (χ4v) is 3.13. The molecule has 1 atom stereocenters. The number of anilines is 1. The van der Waals surface area contributed by atoms with Crippen molar-refractivity contribution in [1.29, 1.82) is 0 Å². The predicted octanol–water partition coefficient (Wildman–Crippen LogP) is 2.74. The number of hydrogen-bond acceptors (Lipinski definition) is 4. The van der Waals surface area contributed by atoms with Gasteiger partial charge in [-0.2, -0.15) is 0 Å². The predicted molar refractivity (Wildman–Crippen MR) is 99.1 cm³/mol. The van der Waals surface area contributed by atoms with E-state index in [1.165, 1.54) is 0 Å². The fraction of sp³-hybridized carbons (Fsp3) is 0.350. The first-order chi connectivity index (χ1) is 12.5. The first-order valence-electron chi connectivity index (χ1n) is 8.68. The van der Waals surface area contributed by atoms with Crippen LogP contribution in [-0.2, 0) is 22.6 Å². The number of carbonyl (C=O) groups excluding carboxylic acids is 2. The van der Waals surface area contributed by atoms with E-state index < -0.39 is 5.92 Å². The molecule has 0 fully saturated rings. The molecule has 1 aromatic heterocycles. The van der Waals surface area contributed by atoms with Crippen molar-refractivity contribution < 1.29 is 14.3 Å². The Morgan fingerprint density at radius 1 is 1.35 bits per heavy atom. The fourth-order valence-electron chi connectivity index (χ4n) is 3.13. The van der Waals surface area contributed by atoms with Gasteiger partial charge in [-0.15, -0.1) is 0 Å². The Kier molecular flexibility index (Phi) is 5.21. The number of amides is 2. The highest BCUT2D eigenvalue weighted by molar-refractivity contribution is 6.01. The molecule has 1 aromatic carbocycles. The van der Waals surface area contributed by atoms with Crippen LogP contribution in [0.5, 0.6) is 5.75 Å². The first-order valence-corrected chi connectivity index (χ1v) is 8.68. The number of likely N-dealkylation sites (N-methyl/N-ethyl adjacent to an activating group) is 1. The summed E-state index contributed by atoms with van der Waals surface area (Å²) in [6, 6.07) is 9.33. The number of ether oxygens (including phenoxy) is 1. The lowest BCUT2D eigenvalue weighted by molar-refractivity contribution is -0.134. The minimum atomic E-state index is -0.520. The van der Waals surface area contributed by atoms with Crippen LogP contribution < -0.4 is 10.1 Å². The van der Waals surface area contributed by atoms with Gasteiger partial charge in [-0.1, -0.05) is 13.0 Å². The summed E-state index contributed by atoms with van der Waals surface area (Å²) in [5.74, 6) is -0.110. The maximum atomic E-state index is 13.0. The number of aromatic nitrogens is 1. The largest absolute Gasteiger partial charge is 0.497 e. The van der Waals surface area contributed by atoms with Crippen molar-refractivity contribution in [3.8, 4) is 5.75 Å². The molecule has 0 radical (unpaired) electrons. The molecule has 0 saturated heterocycles. The molecule has 2 aromatic rings. The number of methoxy groups -OCH3 is 1. The third-order valence-corrected chi connectivity index (χ3v) is 4.67. The summed E-state index contributed by atoms with van der Waals surface area (Å²) in [6.07, 6.45) is 2.89. The molecule has 0 bridgehead atoms. The maximum absolute atomic E-state index is 13.0. The van der Waals surface area contributed by atoms with E-state index in [4.69, 9.17) is 4.74 Å². The van der Waals surface area contributed by atoms with E-state index in [9.17, 15) is 9.59 Å². The molecule has 6 nitrogen and oxygen atoms in total. The average Bonchev–Trinajstić information content (AvgIpc) is 2.66. The lowest BCUT2D eigenvalue weighted by Crippen LogP contribution is -2.36. The van der Waals surface area contributed by atoms with E-state index in [1.54, 1.807) is 31.2 Å². The summed E-state index contributed by atoms with van der Waals surface area (Å²) in [6.45, 7) is 2.48. The molecule has 1 aliphatic rings. The van der Waals surface area contributed by atoms with Gasteiger partial charge < -0.3 is 15.0 Å². The van der Waals surface area contributed by atoms with E-state index in [-0.39, 0.29) is 18.2 Å². The molecule has 0 aliphatic carbocycles. The standard InChI is InChI=1S/C20H23N3O3/c1-4-13-5-6-14(21-11-13)12-23(2)20(25)17-10-19(24)22-18-8-7-15(26-3)9-16(17)18/h5-9,11,17H,4,10,12H2,1-3H3,(H,22,24). The van der Waals surface area contributed by atoms with Crippen LogP contribution in [0.25, 0.3) is 0 Å². The van der Waals surface area contributed by atoms with Gasteiger partial charge >= 0.3 is 0 Å². The van der Waals surface area contributed by atoms with Crippen molar-refractivity contribution in [2.45, 2.75) is 32.2 Å². The second kappa shape index (κ2) is 7.56. The number of benzene rings is 1. The highest BCUT2D eigenvalue weighted by Gasteiger charge is 2.33. The van der Waals surface area contributed by atoms with Gasteiger partial charge in [0.25, 0.3) is 0 Å². The van der Waals surface area contributed by atoms with Crippen LogP contribution in [-0.4, -0.2) is 35.9 Å². The van der Waals surface area contributed by atoms with Crippen molar-refractivity contribution in [1.82, 2.24) is 9.88 Å². The molecular formula is C20H23N3O3. The average molecular weight is 353 g/mol. The number of nitrogens with zero attached hydrogens (tertiary/aromatic N) is 2. The number of hydrogen-bond donors (Lipinski definition) is 1. The Labute approximate surface area is 153 Å². The monoisotopic (exact) mass is 353 g/mol. The molecule has 2 amide bonds. The molecule has 1 N–H and O–H groups in total. The van der Waals surface area contributed by atoms with Crippen molar-refractivity contribution in [2.75, 3.05) is 19.5 Å². The van der Waals surface area contributed by atoms with Gasteiger partial charge in [0.05, 0.1) is 25.3 Å². The van der Waals surface area contributed by atoms with Crippen LogP contribution in [0.2, 0.25) is 0 Å². The topological polar surface area (TPSA) is 71.5 Å². The summed E-state index contributed by atoms with van der Waals surface area (Å²) in [7, 11) is 3.32. The summed E-state index contributed by atoms with van der Waals surface area (Å²) in [5, 5.41) is 2.82. The maximum Gasteiger partial charge on any atom is 0.230 e. The SMILES string of the molecule is CCc1ccc(CN(C)C(=O)C2CC(=O)Nc3ccc(OC)cc32)nc1. The van der Waals surface area contributed by atoms with Crippen LogP contribution in [0.3, 0.4) is 0 Å². The minimum absolute atomic E-state index is 0.101. The summed E-state index contributed by atoms with van der Waals surface area (Å²) in [5.41, 5.74) is 3.44. The van der Waals surface area contributed by atoms with E-state index in [0.29, 0.717) is 18.0 Å². The minimum Gasteiger partial charge on any atom is -0.497 e. The van der Waals surface area contributed by atoms with E-state index >= 15 is 0 Å². The van der Waals surface area contributed by atoms with Gasteiger partial charge in [0.15, 0.2) is 0 Å². The van der Waals surface area contributed by atoms with Gasteiger partial charge in [0.2, 0.25) is 11.8 Å². The van der Waals surface area contributed by atoms with Crippen molar-refractivity contribution in [3.63, 3.8) is 0 Å². The summed E-state index contributed by atoms with van der Waals surface area (Å²) >= 11 is 0. The first kappa shape index (κ1) is 17.9. The Morgan fingerprint density at radius 3 is 2.81 bits per heavy atom. The zero-order chi connectivity index (χ0) is 18.7. The zero-order valence-electron chi connectivity index (χ0n) is 15.3. The zero-order valence-corrected chi connectivity index (χ0v) is 15.3. The number of aryl methyl sites for hydroxylation is 1. The van der Waals surface area contributed by atoms with Gasteiger partial charge in [-0.05, 0) is 41.8 Å². The molecular weight excluding hydrogens is 330 g/mol. The summed E-state index contributed by atoms with van der Waals surface area (Å²) < 4.78 is 5.27. The molecule has 6 heteroatoms. The van der Waals surface area contributed by atoms with Gasteiger partial charge in [-0.3, -0.25) is 14.6 Å². The Morgan fingerprint density at radius 2 is 2.15 bits per heavy atom. The van der Waals surface area contributed by atoms with Crippen molar-refractivity contribution in [3.05, 3.63) is 53.3 Å². The number of nitrogens with one attached hydrogen (secondary N) is 1. The quantitative estimate of drug-likeness (QED) is 0.897. The van der Waals surface area contributed by atoms with Crippen molar-refractivity contribution in [2.24, 2.45) is 0 Å². The number of rotatable bonds is 5. The molecule has 26 heavy (non-hydrogen) atoms. The van der Waals surface area contributed by atoms with E-state index in [0.717, 1.165) is 23.2 Å². The lowest BCUT2D eigenvalue weighted by Gasteiger charge is -2.28. The second-order valence-corrected chi connectivity index (χ2v) is 6.46. The van der Waals surface area contributed by atoms with Crippen LogP contribution >= 0.6 is 0 Å². The molecule has 1 unspecified atom stereocenters. The molecule has 0 spiro atoms. The third kappa shape index (κ3) is 3.69. The highest BCUT2D eigenvalue weighted by Crippen LogP contribution is 2.36. The molecule has 1 aliphatic heterocycles. The van der Waals surface area contributed by atoms with E-state index in [2.05, 4.69) is 17.2 Å². The van der Waals surface area contributed by atoms with Crippen LogP contribution in [0.1, 0.15) is 36.1 Å². The van der Waals surface area contributed by atoms with Gasteiger partial charge in [-0.25, -0.2) is 0 Å². The highest BCUT2D eigenvalue weighted by atomic mass is 16.5. The molecule has 3 rings (SSSR count). The molecule has 0 saturated carbocycles. The van der Waals surface area contributed by atoms with Gasteiger partial charge in [0, 0.05) is 25.4 Å². The smallest absolute Gasteiger partial charge is 0.230 e. The molecule has 136 valence electrons. The van der Waals surface area contributed by atoms with Gasteiger partial charge in [0.1, 0.15) is 5.75 Å². The second-order valence-electron chi connectivity index (χ2n) is 6.46. The normalized spacial score (nSPS) is 15.8. The number of fused-ring (bicyclic) bond motifs is 1. The molecule has 2 heterocycles. The summed E-state index contributed by atoms with van der Waals surface area (Å²) in [4.78, 5) is 31.1. The third-order valence-electron chi connectivity index (χ3n) is 4.67.